The van der Waals surface area contributed by atoms with E-state index < -0.39 is 16.0 Å². The van der Waals surface area contributed by atoms with Crippen molar-refractivity contribution in [1.29, 1.82) is 0 Å². The number of nitrogens with one attached hydrogen (secondary N) is 1. The number of benzene rings is 1. The number of hydrazine groups is 1. The third-order valence-electron chi connectivity index (χ3n) is 3.24. The van der Waals surface area contributed by atoms with Crippen molar-refractivity contribution in [3.8, 4) is 0 Å². The molecule has 0 radical (unpaired) electrons. The highest BCUT2D eigenvalue weighted by atomic mass is 32.2. The molecule has 1 saturated heterocycles. The van der Waals surface area contributed by atoms with Gasteiger partial charge in [-0.15, -0.1) is 4.83 Å². The Morgan fingerprint density at radius 3 is 2.62 bits per heavy atom. The van der Waals surface area contributed by atoms with Gasteiger partial charge in [0, 0.05) is 13.1 Å². The smallest absolute Gasteiger partial charge is 0.335 e. The highest BCUT2D eigenvalue weighted by Crippen LogP contribution is 2.19. The van der Waals surface area contributed by atoms with Crippen LogP contribution in [0.4, 0.5) is 0 Å². The lowest BCUT2D eigenvalue weighted by Crippen LogP contribution is -2.48. The van der Waals surface area contributed by atoms with Crippen molar-refractivity contribution in [2.75, 3.05) is 26.3 Å². The fourth-order valence-corrected chi connectivity index (χ4v) is 3.56. The maximum atomic E-state index is 12.5. The number of carboxylic acids is 1. The lowest BCUT2D eigenvalue weighted by atomic mass is 10.1. The molecule has 1 aliphatic heterocycles. The van der Waals surface area contributed by atoms with E-state index in [4.69, 9.17) is 9.84 Å². The van der Waals surface area contributed by atoms with E-state index in [9.17, 15) is 13.2 Å². The first-order chi connectivity index (χ1) is 9.94. The minimum absolute atomic E-state index is 0.0105. The number of carbonyl (C=O) groups is 1. The van der Waals surface area contributed by atoms with Crippen LogP contribution in [-0.2, 0) is 21.2 Å². The van der Waals surface area contributed by atoms with Crippen LogP contribution in [0.3, 0.4) is 0 Å². The lowest BCUT2D eigenvalue weighted by molar-refractivity contribution is 0.0272. The summed E-state index contributed by atoms with van der Waals surface area (Å²) >= 11 is 0. The van der Waals surface area contributed by atoms with Crippen LogP contribution < -0.4 is 4.83 Å². The first-order valence-corrected chi connectivity index (χ1v) is 8.13. The minimum Gasteiger partial charge on any atom is -0.478 e. The second-order valence-corrected chi connectivity index (χ2v) is 6.30. The van der Waals surface area contributed by atoms with Crippen LogP contribution in [-0.4, -0.2) is 50.8 Å². The third-order valence-corrected chi connectivity index (χ3v) is 4.70. The monoisotopic (exact) mass is 314 g/mol. The van der Waals surface area contributed by atoms with E-state index in [2.05, 4.69) is 4.83 Å². The zero-order valence-corrected chi connectivity index (χ0v) is 12.5. The molecule has 0 unspecified atom stereocenters. The molecular weight excluding hydrogens is 296 g/mol. The number of hydrogen-bond donors (Lipinski definition) is 2. The van der Waals surface area contributed by atoms with Gasteiger partial charge in [-0.2, -0.15) is 0 Å². The molecule has 0 aromatic heterocycles. The molecule has 0 aliphatic carbocycles. The minimum atomic E-state index is -3.80. The maximum absolute atomic E-state index is 12.5. The van der Waals surface area contributed by atoms with E-state index in [0.29, 0.717) is 38.3 Å². The number of morpholine rings is 1. The van der Waals surface area contributed by atoms with E-state index >= 15 is 0 Å². The van der Waals surface area contributed by atoms with Crippen molar-refractivity contribution < 1.29 is 23.1 Å². The zero-order valence-electron chi connectivity index (χ0n) is 11.7. The number of aryl methyl sites for hydroxylation is 1. The van der Waals surface area contributed by atoms with Gasteiger partial charge in [-0.1, -0.05) is 13.0 Å². The number of sulfonamides is 1. The average molecular weight is 314 g/mol. The molecule has 116 valence electrons. The van der Waals surface area contributed by atoms with Gasteiger partial charge in [0.15, 0.2) is 0 Å². The van der Waals surface area contributed by atoms with Crippen molar-refractivity contribution in [2.24, 2.45) is 0 Å². The number of rotatable bonds is 5. The summed E-state index contributed by atoms with van der Waals surface area (Å²) in [6.45, 7) is 3.65. The van der Waals surface area contributed by atoms with Crippen molar-refractivity contribution in [3.63, 3.8) is 0 Å². The van der Waals surface area contributed by atoms with Gasteiger partial charge in [-0.05, 0) is 24.1 Å². The Morgan fingerprint density at radius 2 is 2.05 bits per heavy atom. The van der Waals surface area contributed by atoms with Gasteiger partial charge in [0.05, 0.1) is 23.7 Å². The van der Waals surface area contributed by atoms with Gasteiger partial charge < -0.3 is 9.84 Å². The summed E-state index contributed by atoms with van der Waals surface area (Å²) in [5, 5.41) is 10.6. The predicted molar refractivity (Wildman–Crippen MR) is 75.5 cm³/mol. The van der Waals surface area contributed by atoms with E-state index in [1.165, 1.54) is 18.2 Å². The molecule has 0 atom stereocenters. The van der Waals surface area contributed by atoms with Crippen LogP contribution >= 0.6 is 0 Å². The standard InChI is InChI=1S/C13H18N2O5S/c1-2-10-3-4-11(13(16)17)9-12(10)21(18,19)14-15-5-7-20-8-6-15/h3-4,9,14H,2,5-8H2,1H3,(H,16,17). The van der Waals surface area contributed by atoms with Crippen molar-refractivity contribution in [1.82, 2.24) is 9.84 Å². The molecule has 0 spiro atoms. The molecule has 0 saturated carbocycles. The summed E-state index contributed by atoms with van der Waals surface area (Å²) in [6.07, 6.45) is 0.499. The molecule has 1 aromatic carbocycles. The van der Waals surface area contributed by atoms with Gasteiger partial charge in [0.2, 0.25) is 0 Å². The molecule has 2 rings (SSSR count). The number of nitrogens with zero attached hydrogens (tertiary/aromatic N) is 1. The van der Waals surface area contributed by atoms with Gasteiger partial charge in [0.25, 0.3) is 10.0 Å². The largest absolute Gasteiger partial charge is 0.478 e. The van der Waals surface area contributed by atoms with Crippen LogP contribution in [0.5, 0.6) is 0 Å². The third kappa shape index (κ3) is 3.79. The van der Waals surface area contributed by atoms with E-state index in [1.54, 1.807) is 5.01 Å². The molecule has 1 aliphatic rings. The summed E-state index contributed by atoms with van der Waals surface area (Å²) in [7, 11) is -3.80. The van der Waals surface area contributed by atoms with Crippen LogP contribution in [0.2, 0.25) is 0 Å². The van der Waals surface area contributed by atoms with Crippen LogP contribution in [0.25, 0.3) is 0 Å². The molecule has 7 nitrogen and oxygen atoms in total. The van der Waals surface area contributed by atoms with Crippen molar-refractivity contribution in [2.45, 2.75) is 18.2 Å². The Labute approximate surface area is 123 Å². The fraction of sp³-hybridized carbons (Fsp3) is 0.462. The number of hydrogen-bond acceptors (Lipinski definition) is 5. The summed E-state index contributed by atoms with van der Waals surface area (Å²) in [4.78, 5) is 13.5. The van der Waals surface area contributed by atoms with Crippen LogP contribution in [0.15, 0.2) is 23.1 Å². The molecular formula is C13H18N2O5S. The molecule has 8 heteroatoms. The van der Waals surface area contributed by atoms with Gasteiger partial charge in [-0.3, -0.25) is 0 Å². The normalized spacial score (nSPS) is 16.8. The highest BCUT2D eigenvalue weighted by molar-refractivity contribution is 7.89. The second-order valence-electron chi connectivity index (χ2n) is 4.68. The Hall–Kier alpha value is -1.48. The number of aromatic carboxylic acids is 1. The molecule has 0 amide bonds. The second kappa shape index (κ2) is 6.52. The SMILES string of the molecule is CCc1ccc(C(=O)O)cc1S(=O)(=O)NN1CCOCC1. The quantitative estimate of drug-likeness (QED) is 0.820. The Kier molecular flexibility index (Phi) is 4.94. The van der Waals surface area contributed by atoms with Crippen molar-refractivity contribution >= 4 is 16.0 Å². The topological polar surface area (TPSA) is 95.9 Å². The summed E-state index contributed by atoms with van der Waals surface area (Å²) in [6, 6.07) is 4.15. The number of carboxylic acid groups (broad SMARTS) is 1. The zero-order chi connectivity index (χ0) is 15.5. The maximum Gasteiger partial charge on any atom is 0.335 e. The molecule has 21 heavy (non-hydrogen) atoms. The van der Waals surface area contributed by atoms with Crippen molar-refractivity contribution in [3.05, 3.63) is 29.3 Å². The van der Waals surface area contributed by atoms with Crippen LogP contribution in [0.1, 0.15) is 22.8 Å². The molecule has 1 heterocycles. The van der Waals surface area contributed by atoms with Gasteiger partial charge in [-0.25, -0.2) is 18.2 Å². The van der Waals surface area contributed by atoms with E-state index in [-0.39, 0.29) is 10.5 Å². The fourth-order valence-electron chi connectivity index (χ4n) is 2.10. The predicted octanol–water partition coefficient (Wildman–Crippen LogP) is 0.473. The van der Waals surface area contributed by atoms with Gasteiger partial charge in [0.1, 0.15) is 0 Å². The Morgan fingerprint density at radius 1 is 1.38 bits per heavy atom. The average Bonchev–Trinajstić information content (AvgIpc) is 2.47. The van der Waals surface area contributed by atoms with Crippen LogP contribution in [0, 0.1) is 0 Å². The molecule has 0 bridgehead atoms. The Balaban J connectivity index is 2.32. The van der Waals surface area contributed by atoms with E-state index in [0.717, 1.165) is 0 Å². The number of ether oxygens (including phenoxy) is 1. The molecule has 2 N–H and O–H groups in total. The first-order valence-electron chi connectivity index (χ1n) is 6.65. The van der Waals surface area contributed by atoms with Gasteiger partial charge >= 0.3 is 5.97 Å². The first kappa shape index (κ1) is 15.9. The summed E-state index contributed by atoms with van der Waals surface area (Å²) < 4.78 is 30.1. The Bertz CT molecular complexity index is 623. The lowest BCUT2D eigenvalue weighted by Gasteiger charge is -2.27. The molecule has 1 aromatic rings. The highest BCUT2D eigenvalue weighted by Gasteiger charge is 2.23. The van der Waals surface area contributed by atoms with E-state index in [1.807, 2.05) is 6.92 Å². The molecule has 1 fully saturated rings. The summed E-state index contributed by atoms with van der Waals surface area (Å²) in [5.74, 6) is -1.15. The summed E-state index contributed by atoms with van der Waals surface area (Å²) in [5.41, 5.74) is 0.537.